The molecule has 4 nitrogen and oxygen atoms in total. The lowest BCUT2D eigenvalue weighted by molar-refractivity contribution is 0.0237. The molecule has 0 saturated carbocycles. The Kier molecular flexibility index (Phi) is 13.8. The van der Waals surface area contributed by atoms with Crippen LogP contribution >= 0.6 is 0 Å². The Morgan fingerprint density at radius 1 is 0.824 bits per heavy atom. The van der Waals surface area contributed by atoms with Crippen molar-refractivity contribution in [2.24, 2.45) is 0 Å². The van der Waals surface area contributed by atoms with Gasteiger partial charge in [0.05, 0.1) is 26.4 Å². The lowest BCUT2D eigenvalue weighted by Crippen LogP contribution is -2.20. The Hall–Kier alpha value is -0.160. The van der Waals surface area contributed by atoms with E-state index in [1.807, 2.05) is 0 Å². The van der Waals surface area contributed by atoms with Crippen molar-refractivity contribution in [2.45, 2.75) is 26.2 Å². The molecule has 0 rings (SSSR count). The smallest absolute Gasteiger partial charge is 0.0701 e. The minimum Gasteiger partial charge on any atom is -0.382 e. The van der Waals surface area contributed by atoms with E-state index in [0.717, 1.165) is 13.0 Å². The van der Waals surface area contributed by atoms with E-state index in [-0.39, 0.29) is 0 Å². The first-order valence-corrected chi connectivity index (χ1v) is 6.64. The average Bonchev–Trinajstić information content (AvgIpc) is 2.32. The van der Waals surface area contributed by atoms with Gasteiger partial charge in [-0.2, -0.15) is 0 Å². The predicted octanol–water partition coefficient (Wildman–Crippen LogP) is 1.79. The number of rotatable bonds is 13. The second-order valence-electron chi connectivity index (χ2n) is 4.23. The summed E-state index contributed by atoms with van der Waals surface area (Å²) < 4.78 is 15.6. The standard InChI is InChI=1S/C13H29NO3/c1-4-7-14(2)8-5-6-9-16-12-13-17-11-10-15-3/h4-13H2,1-3H3. The second kappa shape index (κ2) is 13.9. The molecule has 0 bridgehead atoms. The van der Waals surface area contributed by atoms with Crippen LogP contribution in [0.3, 0.4) is 0 Å². The first-order chi connectivity index (χ1) is 8.31. The van der Waals surface area contributed by atoms with E-state index >= 15 is 0 Å². The molecule has 0 aliphatic heterocycles. The van der Waals surface area contributed by atoms with Gasteiger partial charge >= 0.3 is 0 Å². The van der Waals surface area contributed by atoms with E-state index in [1.54, 1.807) is 7.11 Å². The highest BCUT2D eigenvalue weighted by atomic mass is 16.5. The Morgan fingerprint density at radius 3 is 2.12 bits per heavy atom. The molecule has 0 aliphatic rings. The van der Waals surface area contributed by atoms with Gasteiger partial charge in [0, 0.05) is 13.7 Å². The van der Waals surface area contributed by atoms with Gasteiger partial charge in [-0.15, -0.1) is 0 Å². The van der Waals surface area contributed by atoms with Gasteiger partial charge in [-0.3, -0.25) is 0 Å². The van der Waals surface area contributed by atoms with Gasteiger partial charge in [0.1, 0.15) is 0 Å². The zero-order valence-electron chi connectivity index (χ0n) is 11.7. The van der Waals surface area contributed by atoms with Gasteiger partial charge in [-0.1, -0.05) is 6.92 Å². The van der Waals surface area contributed by atoms with E-state index in [0.29, 0.717) is 26.4 Å². The second-order valence-corrected chi connectivity index (χ2v) is 4.23. The molecule has 0 aliphatic carbocycles. The molecule has 0 spiro atoms. The number of hydrogen-bond acceptors (Lipinski definition) is 4. The summed E-state index contributed by atoms with van der Waals surface area (Å²) >= 11 is 0. The molecule has 0 unspecified atom stereocenters. The Balaban J connectivity index is 2.98. The summed E-state index contributed by atoms with van der Waals surface area (Å²) in [6.07, 6.45) is 3.57. The van der Waals surface area contributed by atoms with Gasteiger partial charge < -0.3 is 19.1 Å². The van der Waals surface area contributed by atoms with Crippen LogP contribution in [-0.4, -0.2) is 65.2 Å². The number of hydrogen-bond donors (Lipinski definition) is 0. The molecule has 0 fully saturated rings. The van der Waals surface area contributed by atoms with Crippen LogP contribution in [0.4, 0.5) is 0 Å². The van der Waals surface area contributed by atoms with Crippen molar-refractivity contribution in [3.63, 3.8) is 0 Å². The molecule has 0 radical (unpaired) electrons. The largest absolute Gasteiger partial charge is 0.382 e. The highest BCUT2D eigenvalue weighted by molar-refractivity contribution is 4.50. The topological polar surface area (TPSA) is 30.9 Å². The van der Waals surface area contributed by atoms with E-state index in [9.17, 15) is 0 Å². The zero-order valence-corrected chi connectivity index (χ0v) is 11.7. The average molecular weight is 247 g/mol. The van der Waals surface area contributed by atoms with Crippen molar-refractivity contribution in [1.82, 2.24) is 4.90 Å². The molecule has 0 N–H and O–H groups in total. The fourth-order valence-corrected chi connectivity index (χ4v) is 1.54. The predicted molar refractivity (Wildman–Crippen MR) is 70.5 cm³/mol. The summed E-state index contributed by atoms with van der Waals surface area (Å²) in [5.74, 6) is 0. The van der Waals surface area contributed by atoms with Crippen LogP contribution < -0.4 is 0 Å². The van der Waals surface area contributed by atoms with Crippen molar-refractivity contribution in [3.05, 3.63) is 0 Å². The molecule has 4 heteroatoms. The molecular weight excluding hydrogens is 218 g/mol. The van der Waals surface area contributed by atoms with E-state index < -0.39 is 0 Å². The number of unbranched alkanes of at least 4 members (excludes halogenated alkanes) is 1. The SMILES string of the molecule is CCCN(C)CCCCOCCOCCOC. The quantitative estimate of drug-likeness (QED) is 0.464. The van der Waals surface area contributed by atoms with E-state index in [1.165, 1.54) is 25.9 Å². The van der Waals surface area contributed by atoms with Gasteiger partial charge in [0.25, 0.3) is 0 Å². The summed E-state index contributed by atoms with van der Waals surface area (Å²) in [5.41, 5.74) is 0. The lowest BCUT2D eigenvalue weighted by Gasteiger charge is -2.14. The highest BCUT2D eigenvalue weighted by Gasteiger charge is 1.96. The Morgan fingerprint density at radius 2 is 1.47 bits per heavy atom. The Bertz CT molecular complexity index is 145. The molecule has 0 amide bonds. The molecule has 0 aromatic carbocycles. The van der Waals surface area contributed by atoms with E-state index in [2.05, 4.69) is 18.9 Å². The molecule has 0 saturated heterocycles. The van der Waals surface area contributed by atoms with Crippen LogP contribution in [-0.2, 0) is 14.2 Å². The molecule has 0 aromatic heterocycles. The summed E-state index contributed by atoms with van der Waals surface area (Å²) in [6.45, 7) is 8.07. The monoisotopic (exact) mass is 247 g/mol. The van der Waals surface area contributed by atoms with Crippen molar-refractivity contribution >= 4 is 0 Å². The maximum absolute atomic E-state index is 5.47. The van der Waals surface area contributed by atoms with Crippen LogP contribution in [0.5, 0.6) is 0 Å². The van der Waals surface area contributed by atoms with Crippen LogP contribution in [0.1, 0.15) is 26.2 Å². The first-order valence-electron chi connectivity index (χ1n) is 6.64. The Labute approximate surface area is 106 Å². The minimum absolute atomic E-state index is 0.654. The van der Waals surface area contributed by atoms with Crippen LogP contribution in [0.25, 0.3) is 0 Å². The fraction of sp³-hybridized carbons (Fsp3) is 1.00. The van der Waals surface area contributed by atoms with Crippen LogP contribution in [0.15, 0.2) is 0 Å². The van der Waals surface area contributed by atoms with E-state index in [4.69, 9.17) is 14.2 Å². The number of methoxy groups -OCH3 is 1. The number of ether oxygens (including phenoxy) is 3. The van der Waals surface area contributed by atoms with Crippen molar-refractivity contribution < 1.29 is 14.2 Å². The van der Waals surface area contributed by atoms with Gasteiger partial charge in [0.2, 0.25) is 0 Å². The van der Waals surface area contributed by atoms with Crippen LogP contribution in [0, 0.1) is 0 Å². The molecule has 104 valence electrons. The molecule has 0 heterocycles. The molecule has 0 aromatic rings. The third-order valence-corrected chi connectivity index (χ3v) is 2.49. The summed E-state index contributed by atoms with van der Waals surface area (Å²) in [7, 11) is 3.85. The molecule has 0 atom stereocenters. The summed E-state index contributed by atoms with van der Waals surface area (Å²) in [6, 6.07) is 0. The number of nitrogens with zero attached hydrogens (tertiary/aromatic N) is 1. The first kappa shape index (κ1) is 16.8. The third kappa shape index (κ3) is 13.8. The summed E-state index contributed by atoms with van der Waals surface area (Å²) in [5, 5.41) is 0. The molecule has 17 heavy (non-hydrogen) atoms. The third-order valence-electron chi connectivity index (χ3n) is 2.49. The molecular formula is C13H29NO3. The van der Waals surface area contributed by atoms with Gasteiger partial charge in [-0.25, -0.2) is 0 Å². The van der Waals surface area contributed by atoms with Gasteiger partial charge in [0.15, 0.2) is 0 Å². The zero-order chi connectivity index (χ0) is 12.8. The lowest BCUT2D eigenvalue weighted by atomic mass is 10.3. The van der Waals surface area contributed by atoms with Gasteiger partial charge in [-0.05, 0) is 39.4 Å². The minimum atomic E-state index is 0.654. The fourth-order valence-electron chi connectivity index (χ4n) is 1.54. The van der Waals surface area contributed by atoms with Crippen LogP contribution in [0.2, 0.25) is 0 Å². The van der Waals surface area contributed by atoms with Crippen molar-refractivity contribution in [1.29, 1.82) is 0 Å². The highest BCUT2D eigenvalue weighted by Crippen LogP contribution is 1.95. The van der Waals surface area contributed by atoms with Crippen molar-refractivity contribution in [2.75, 3.05) is 60.3 Å². The maximum Gasteiger partial charge on any atom is 0.0701 e. The normalized spacial score (nSPS) is 11.3. The maximum atomic E-state index is 5.47. The summed E-state index contributed by atoms with van der Waals surface area (Å²) in [4.78, 5) is 2.37. The van der Waals surface area contributed by atoms with Crippen molar-refractivity contribution in [3.8, 4) is 0 Å².